The Morgan fingerprint density at radius 1 is 0.947 bits per heavy atom. The summed E-state index contributed by atoms with van der Waals surface area (Å²) in [5, 5.41) is 0. The number of allylic oxidation sites excluding steroid dienone is 2. The van der Waals surface area contributed by atoms with Crippen LogP contribution in [0.2, 0.25) is 0 Å². The van der Waals surface area contributed by atoms with Crippen molar-refractivity contribution in [3.05, 3.63) is 53.0 Å². The molecule has 0 atom stereocenters. The predicted octanol–water partition coefficient (Wildman–Crippen LogP) is 2.03. The standard InChI is InChI=1S/C15H14O4/c1-9-4-6-10(7-5-9)13-14(17)12(18-2)8-11(16)15(13)19-3/h4-8H,1-3H3. The molecule has 0 aliphatic heterocycles. The average molecular weight is 258 g/mol. The fourth-order valence-electron chi connectivity index (χ4n) is 1.94. The van der Waals surface area contributed by atoms with Gasteiger partial charge >= 0.3 is 0 Å². The molecule has 1 aliphatic carbocycles. The number of carbonyl (C=O) groups is 2. The topological polar surface area (TPSA) is 52.6 Å². The molecule has 0 fully saturated rings. The fourth-order valence-corrected chi connectivity index (χ4v) is 1.94. The monoisotopic (exact) mass is 258 g/mol. The minimum atomic E-state index is -0.366. The lowest BCUT2D eigenvalue weighted by atomic mass is 9.93. The van der Waals surface area contributed by atoms with Crippen LogP contribution in [0.15, 0.2) is 41.9 Å². The Bertz CT molecular complexity index is 591. The summed E-state index contributed by atoms with van der Waals surface area (Å²) in [6, 6.07) is 7.32. The van der Waals surface area contributed by atoms with Crippen molar-refractivity contribution in [3.8, 4) is 0 Å². The number of hydrogen-bond acceptors (Lipinski definition) is 4. The number of Topliss-reactive ketones (excluding diaryl/α,β-unsaturated/α-hetero) is 1. The molecule has 4 heteroatoms. The molecule has 19 heavy (non-hydrogen) atoms. The smallest absolute Gasteiger partial charge is 0.232 e. The quantitative estimate of drug-likeness (QED) is 0.778. The zero-order chi connectivity index (χ0) is 14.0. The molecule has 0 aromatic heterocycles. The first-order valence-electron chi connectivity index (χ1n) is 5.78. The van der Waals surface area contributed by atoms with Gasteiger partial charge in [-0.3, -0.25) is 9.59 Å². The number of hydrogen-bond donors (Lipinski definition) is 0. The van der Waals surface area contributed by atoms with Crippen LogP contribution in [0.25, 0.3) is 5.57 Å². The number of aryl methyl sites for hydroxylation is 1. The third kappa shape index (κ3) is 2.29. The molecular weight excluding hydrogens is 244 g/mol. The van der Waals surface area contributed by atoms with Gasteiger partial charge in [-0.1, -0.05) is 29.8 Å². The summed E-state index contributed by atoms with van der Waals surface area (Å²) in [4.78, 5) is 24.2. The largest absolute Gasteiger partial charge is 0.492 e. The summed E-state index contributed by atoms with van der Waals surface area (Å²) < 4.78 is 10.0. The Kier molecular flexibility index (Phi) is 3.51. The molecule has 98 valence electrons. The second-order valence-corrected chi connectivity index (χ2v) is 4.18. The van der Waals surface area contributed by atoms with Crippen LogP contribution in [0.5, 0.6) is 0 Å². The van der Waals surface area contributed by atoms with Gasteiger partial charge in [-0.2, -0.15) is 0 Å². The Labute approximate surface area is 111 Å². The van der Waals surface area contributed by atoms with Gasteiger partial charge in [0.25, 0.3) is 0 Å². The summed E-state index contributed by atoms with van der Waals surface area (Å²) >= 11 is 0. The van der Waals surface area contributed by atoms with Crippen molar-refractivity contribution in [1.82, 2.24) is 0 Å². The highest BCUT2D eigenvalue weighted by atomic mass is 16.5. The normalized spacial score (nSPS) is 15.4. The van der Waals surface area contributed by atoms with Gasteiger partial charge in [0.15, 0.2) is 11.5 Å². The summed E-state index contributed by atoms with van der Waals surface area (Å²) in [6.45, 7) is 1.95. The van der Waals surface area contributed by atoms with Gasteiger partial charge in [-0.25, -0.2) is 0 Å². The number of carbonyl (C=O) groups excluding carboxylic acids is 2. The van der Waals surface area contributed by atoms with Gasteiger partial charge in [0.2, 0.25) is 11.6 Å². The van der Waals surface area contributed by atoms with E-state index >= 15 is 0 Å². The van der Waals surface area contributed by atoms with Gasteiger partial charge in [0.05, 0.1) is 19.8 Å². The Morgan fingerprint density at radius 2 is 1.58 bits per heavy atom. The van der Waals surface area contributed by atoms with Crippen molar-refractivity contribution in [2.75, 3.05) is 14.2 Å². The number of ketones is 2. The predicted molar refractivity (Wildman–Crippen MR) is 70.2 cm³/mol. The van der Waals surface area contributed by atoms with E-state index < -0.39 is 0 Å². The molecule has 0 spiro atoms. The van der Waals surface area contributed by atoms with E-state index in [1.807, 2.05) is 19.1 Å². The highest BCUT2D eigenvalue weighted by molar-refractivity contribution is 6.36. The number of rotatable bonds is 3. The molecule has 0 unspecified atom stereocenters. The van der Waals surface area contributed by atoms with Crippen molar-refractivity contribution in [3.63, 3.8) is 0 Å². The van der Waals surface area contributed by atoms with Crippen LogP contribution in [-0.2, 0) is 19.1 Å². The van der Waals surface area contributed by atoms with E-state index in [1.165, 1.54) is 14.2 Å². The van der Waals surface area contributed by atoms with E-state index in [1.54, 1.807) is 12.1 Å². The second-order valence-electron chi connectivity index (χ2n) is 4.18. The van der Waals surface area contributed by atoms with E-state index in [9.17, 15) is 9.59 Å². The molecule has 0 bridgehead atoms. The van der Waals surface area contributed by atoms with Crippen molar-refractivity contribution < 1.29 is 19.1 Å². The van der Waals surface area contributed by atoms with E-state index in [0.717, 1.165) is 11.6 Å². The van der Waals surface area contributed by atoms with Crippen LogP contribution in [0, 0.1) is 6.92 Å². The zero-order valence-corrected chi connectivity index (χ0v) is 11.0. The lowest BCUT2D eigenvalue weighted by Crippen LogP contribution is -2.20. The summed E-state index contributed by atoms with van der Waals surface area (Å²) in [6.07, 6.45) is 1.15. The zero-order valence-electron chi connectivity index (χ0n) is 11.0. The van der Waals surface area contributed by atoms with Crippen LogP contribution in [0.3, 0.4) is 0 Å². The molecule has 1 aliphatic rings. The maximum Gasteiger partial charge on any atom is 0.232 e. The molecule has 4 nitrogen and oxygen atoms in total. The molecule has 1 aromatic carbocycles. The molecule has 0 saturated heterocycles. The third-order valence-corrected chi connectivity index (χ3v) is 2.93. The van der Waals surface area contributed by atoms with E-state index in [-0.39, 0.29) is 28.7 Å². The lowest BCUT2D eigenvalue weighted by molar-refractivity contribution is -0.118. The Hall–Kier alpha value is -2.36. The number of ether oxygens (including phenoxy) is 2. The van der Waals surface area contributed by atoms with Gasteiger partial charge in [-0.05, 0) is 12.5 Å². The second kappa shape index (κ2) is 5.10. The maximum atomic E-state index is 12.3. The SMILES string of the molecule is COC1=CC(=O)C(OC)=C(c2ccc(C)cc2)C1=O. The maximum absolute atomic E-state index is 12.3. The van der Waals surface area contributed by atoms with E-state index in [4.69, 9.17) is 9.47 Å². The molecule has 0 radical (unpaired) electrons. The third-order valence-electron chi connectivity index (χ3n) is 2.93. The van der Waals surface area contributed by atoms with Crippen LogP contribution < -0.4 is 0 Å². The Balaban J connectivity index is 2.58. The highest BCUT2D eigenvalue weighted by Crippen LogP contribution is 2.28. The van der Waals surface area contributed by atoms with Crippen molar-refractivity contribution >= 4 is 17.1 Å². The average Bonchev–Trinajstić information content (AvgIpc) is 2.41. The fraction of sp³-hybridized carbons (Fsp3) is 0.200. The minimum absolute atomic E-state index is 0.0291. The van der Waals surface area contributed by atoms with Gasteiger partial charge in [0.1, 0.15) is 0 Å². The van der Waals surface area contributed by atoms with E-state index in [0.29, 0.717) is 5.56 Å². The minimum Gasteiger partial charge on any atom is -0.492 e. The summed E-state index contributed by atoms with van der Waals surface area (Å²) in [7, 11) is 2.74. The number of benzene rings is 1. The molecule has 1 aromatic rings. The first-order valence-corrected chi connectivity index (χ1v) is 5.78. The molecule has 2 rings (SSSR count). The molecule has 0 amide bonds. The first kappa shape index (κ1) is 13.1. The van der Waals surface area contributed by atoms with Crippen LogP contribution in [-0.4, -0.2) is 25.8 Å². The molecule has 0 heterocycles. The van der Waals surface area contributed by atoms with Gasteiger partial charge < -0.3 is 9.47 Å². The molecule has 0 N–H and O–H groups in total. The lowest BCUT2D eigenvalue weighted by Gasteiger charge is -2.17. The van der Waals surface area contributed by atoms with Crippen LogP contribution in [0.4, 0.5) is 0 Å². The number of methoxy groups -OCH3 is 2. The van der Waals surface area contributed by atoms with Crippen molar-refractivity contribution in [1.29, 1.82) is 0 Å². The highest BCUT2D eigenvalue weighted by Gasteiger charge is 2.31. The van der Waals surface area contributed by atoms with Gasteiger partial charge in [0, 0.05) is 6.08 Å². The van der Waals surface area contributed by atoms with Crippen molar-refractivity contribution in [2.45, 2.75) is 6.92 Å². The van der Waals surface area contributed by atoms with Crippen molar-refractivity contribution in [2.24, 2.45) is 0 Å². The van der Waals surface area contributed by atoms with E-state index in [2.05, 4.69) is 0 Å². The summed E-state index contributed by atoms with van der Waals surface area (Å²) in [5.74, 6) is -0.631. The van der Waals surface area contributed by atoms with Gasteiger partial charge in [-0.15, -0.1) is 0 Å². The molecule has 0 saturated carbocycles. The first-order chi connectivity index (χ1) is 9.08. The van der Waals surface area contributed by atoms with Crippen LogP contribution in [0.1, 0.15) is 11.1 Å². The van der Waals surface area contributed by atoms with Crippen LogP contribution >= 0.6 is 0 Å². The Morgan fingerprint density at radius 3 is 2.11 bits per heavy atom. The summed E-state index contributed by atoms with van der Waals surface area (Å²) in [5.41, 5.74) is 1.95. The molecular formula is C15H14O4.